The Bertz CT molecular complexity index is 160. The first-order chi connectivity index (χ1) is 7.83. The molecule has 0 aromatic rings. The average molecular weight is 260 g/mol. The van der Waals surface area contributed by atoms with Gasteiger partial charge >= 0.3 is 0 Å². The van der Waals surface area contributed by atoms with Crippen molar-refractivity contribution in [3.63, 3.8) is 0 Å². The van der Waals surface area contributed by atoms with Crippen LogP contribution in [0.2, 0.25) is 0 Å². The van der Waals surface area contributed by atoms with Crippen LogP contribution >= 0.6 is 0 Å². The molecule has 2 heteroatoms. The minimum absolute atomic E-state index is 0.215. The SMILES string of the molecule is CC(C)(C)OOC(C)(C)C.CC(C)CCC(C)C. The molecule has 2 nitrogen and oxygen atoms in total. The summed E-state index contributed by atoms with van der Waals surface area (Å²) < 4.78 is 0. The maximum atomic E-state index is 5.09. The summed E-state index contributed by atoms with van der Waals surface area (Å²) in [4.78, 5) is 10.2. The predicted octanol–water partition coefficient (Wildman–Crippen LogP) is 5.61. The monoisotopic (exact) mass is 260 g/mol. The predicted molar refractivity (Wildman–Crippen MR) is 80.6 cm³/mol. The van der Waals surface area contributed by atoms with Gasteiger partial charge in [0.25, 0.3) is 0 Å². The average Bonchev–Trinajstić information content (AvgIpc) is 2.10. The van der Waals surface area contributed by atoms with Crippen molar-refractivity contribution in [1.82, 2.24) is 0 Å². The van der Waals surface area contributed by atoms with Crippen LogP contribution in [-0.2, 0) is 9.78 Å². The first-order valence-corrected chi connectivity index (χ1v) is 7.20. The van der Waals surface area contributed by atoms with Gasteiger partial charge in [0.1, 0.15) is 0 Å². The zero-order chi connectivity index (χ0) is 15.0. The molecule has 0 N–H and O–H groups in total. The van der Waals surface area contributed by atoms with Crippen LogP contribution in [-0.4, -0.2) is 11.2 Å². The van der Waals surface area contributed by atoms with Crippen molar-refractivity contribution in [2.45, 2.75) is 93.3 Å². The molecular weight excluding hydrogens is 224 g/mol. The van der Waals surface area contributed by atoms with E-state index in [2.05, 4.69) is 27.7 Å². The summed E-state index contributed by atoms with van der Waals surface area (Å²) >= 11 is 0. The Morgan fingerprint density at radius 3 is 0.944 bits per heavy atom. The minimum atomic E-state index is -0.215. The Hall–Kier alpha value is -0.0800. The zero-order valence-corrected chi connectivity index (χ0v) is 14.4. The van der Waals surface area contributed by atoms with Crippen LogP contribution in [0, 0.1) is 11.8 Å². The lowest BCUT2D eigenvalue weighted by Crippen LogP contribution is -2.27. The van der Waals surface area contributed by atoms with Gasteiger partial charge in [-0.1, -0.05) is 40.5 Å². The molecule has 0 heterocycles. The Balaban J connectivity index is 0. The number of hydrogen-bond acceptors (Lipinski definition) is 2. The second-order valence-corrected chi connectivity index (χ2v) is 7.76. The van der Waals surface area contributed by atoms with Crippen molar-refractivity contribution in [3.8, 4) is 0 Å². The second kappa shape index (κ2) is 8.92. The maximum Gasteiger partial charge on any atom is 0.0952 e. The highest BCUT2D eigenvalue weighted by atomic mass is 17.2. The van der Waals surface area contributed by atoms with Gasteiger partial charge in [0.05, 0.1) is 11.2 Å². The molecule has 0 saturated carbocycles. The van der Waals surface area contributed by atoms with Crippen LogP contribution in [0.4, 0.5) is 0 Å². The van der Waals surface area contributed by atoms with Crippen molar-refractivity contribution in [1.29, 1.82) is 0 Å². The molecule has 0 saturated heterocycles. The molecule has 0 spiro atoms. The van der Waals surface area contributed by atoms with Crippen LogP contribution in [0.3, 0.4) is 0 Å². The van der Waals surface area contributed by atoms with E-state index >= 15 is 0 Å². The van der Waals surface area contributed by atoms with Crippen molar-refractivity contribution in [2.24, 2.45) is 11.8 Å². The Morgan fingerprint density at radius 1 is 0.611 bits per heavy atom. The van der Waals surface area contributed by atoms with Crippen LogP contribution in [0.5, 0.6) is 0 Å². The lowest BCUT2D eigenvalue weighted by atomic mass is 10.0. The fourth-order valence-corrected chi connectivity index (χ4v) is 0.917. The third-order valence-corrected chi connectivity index (χ3v) is 1.86. The van der Waals surface area contributed by atoms with Crippen LogP contribution in [0.1, 0.15) is 82.1 Å². The van der Waals surface area contributed by atoms with E-state index in [0.717, 1.165) is 11.8 Å². The van der Waals surface area contributed by atoms with Gasteiger partial charge in [-0.25, -0.2) is 9.78 Å². The highest BCUT2D eigenvalue weighted by Crippen LogP contribution is 2.14. The summed E-state index contributed by atoms with van der Waals surface area (Å²) in [5.74, 6) is 1.77. The van der Waals surface area contributed by atoms with E-state index in [1.807, 2.05) is 41.5 Å². The fraction of sp³-hybridized carbons (Fsp3) is 1.00. The molecule has 0 aliphatic carbocycles. The van der Waals surface area contributed by atoms with E-state index < -0.39 is 0 Å². The largest absolute Gasteiger partial charge is 0.230 e. The molecule has 0 aliphatic rings. The minimum Gasteiger partial charge on any atom is -0.230 e. The van der Waals surface area contributed by atoms with Crippen molar-refractivity contribution >= 4 is 0 Å². The number of hydrogen-bond donors (Lipinski definition) is 0. The van der Waals surface area contributed by atoms with E-state index in [1.165, 1.54) is 12.8 Å². The van der Waals surface area contributed by atoms with Crippen LogP contribution in [0.15, 0.2) is 0 Å². The third kappa shape index (κ3) is 24.9. The molecule has 0 amide bonds. The van der Waals surface area contributed by atoms with E-state index in [1.54, 1.807) is 0 Å². The molecule has 0 aromatic heterocycles. The molecule has 0 aromatic carbocycles. The standard InChI is InChI=1S/C8H18O2.C8H18/c1-7(2,3)9-10-8(4,5)6;1-7(2)5-6-8(3)4/h1-6H3;7-8H,5-6H2,1-4H3. The van der Waals surface area contributed by atoms with Crippen LogP contribution in [0.25, 0.3) is 0 Å². The van der Waals surface area contributed by atoms with Gasteiger partial charge in [0.15, 0.2) is 0 Å². The highest BCUT2D eigenvalue weighted by Gasteiger charge is 2.18. The normalized spacial score (nSPS) is 12.7. The van der Waals surface area contributed by atoms with Gasteiger partial charge in [-0.2, -0.15) is 0 Å². The van der Waals surface area contributed by atoms with Gasteiger partial charge in [-0.05, 0) is 53.4 Å². The first kappa shape index (κ1) is 20.2. The second-order valence-electron chi connectivity index (χ2n) is 7.76. The van der Waals surface area contributed by atoms with Gasteiger partial charge < -0.3 is 0 Å². The molecule has 0 bridgehead atoms. The lowest BCUT2D eigenvalue weighted by Gasteiger charge is -2.24. The van der Waals surface area contributed by atoms with E-state index in [-0.39, 0.29) is 11.2 Å². The lowest BCUT2D eigenvalue weighted by molar-refractivity contribution is -0.393. The molecule has 0 unspecified atom stereocenters. The van der Waals surface area contributed by atoms with Gasteiger partial charge in [0.2, 0.25) is 0 Å². The topological polar surface area (TPSA) is 18.5 Å². The fourth-order valence-electron chi connectivity index (χ4n) is 0.917. The Kier molecular flexibility index (Phi) is 10.0. The molecule has 0 fully saturated rings. The van der Waals surface area contributed by atoms with Gasteiger partial charge in [-0.3, -0.25) is 0 Å². The molecule has 0 rings (SSSR count). The molecule has 0 atom stereocenters. The van der Waals surface area contributed by atoms with Gasteiger partial charge in [0, 0.05) is 0 Å². The van der Waals surface area contributed by atoms with Crippen LogP contribution < -0.4 is 0 Å². The van der Waals surface area contributed by atoms with E-state index in [9.17, 15) is 0 Å². The van der Waals surface area contributed by atoms with Crippen molar-refractivity contribution in [3.05, 3.63) is 0 Å². The number of rotatable bonds is 4. The maximum absolute atomic E-state index is 5.09. The van der Waals surface area contributed by atoms with E-state index in [0.29, 0.717) is 0 Å². The summed E-state index contributed by atoms with van der Waals surface area (Å²) in [6.45, 7) is 20.9. The van der Waals surface area contributed by atoms with E-state index in [4.69, 9.17) is 9.78 Å². The Morgan fingerprint density at radius 2 is 0.833 bits per heavy atom. The van der Waals surface area contributed by atoms with Crippen molar-refractivity contribution < 1.29 is 9.78 Å². The first-order valence-electron chi connectivity index (χ1n) is 7.20. The van der Waals surface area contributed by atoms with Gasteiger partial charge in [-0.15, -0.1) is 0 Å². The summed E-state index contributed by atoms with van der Waals surface area (Å²) in [7, 11) is 0. The summed E-state index contributed by atoms with van der Waals surface area (Å²) in [6.07, 6.45) is 2.77. The highest BCUT2D eigenvalue weighted by molar-refractivity contribution is 4.58. The summed E-state index contributed by atoms with van der Waals surface area (Å²) in [5, 5.41) is 0. The molecule has 112 valence electrons. The molecule has 18 heavy (non-hydrogen) atoms. The molecular formula is C16H36O2. The smallest absolute Gasteiger partial charge is 0.0952 e. The van der Waals surface area contributed by atoms with Crippen molar-refractivity contribution in [2.75, 3.05) is 0 Å². The summed E-state index contributed by atoms with van der Waals surface area (Å²) in [6, 6.07) is 0. The quantitative estimate of drug-likeness (QED) is 0.483. The zero-order valence-electron chi connectivity index (χ0n) is 14.4. The molecule has 0 aliphatic heterocycles. The Labute approximate surface area is 115 Å². The molecule has 0 radical (unpaired) electrons. The summed E-state index contributed by atoms with van der Waals surface area (Å²) in [5.41, 5.74) is -0.430. The third-order valence-electron chi connectivity index (χ3n) is 1.86.